The van der Waals surface area contributed by atoms with E-state index in [1.54, 1.807) is 19.1 Å². The molecule has 1 fully saturated rings. The Morgan fingerprint density at radius 3 is 2.67 bits per heavy atom. The maximum absolute atomic E-state index is 12.9. The van der Waals surface area contributed by atoms with Crippen LogP contribution in [0.2, 0.25) is 0 Å². The zero-order valence-corrected chi connectivity index (χ0v) is 12.4. The van der Waals surface area contributed by atoms with Gasteiger partial charge in [-0.2, -0.15) is 8.42 Å². The summed E-state index contributed by atoms with van der Waals surface area (Å²) in [5, 5.41) is -1.29. The molecule has 0 spiro atoms. The number of anilines is 1. The van der Waals surface area contributed by atoms with Crippen molar-refractivity contribution in [3.63, 3.8) is 0 Å². The van der Waals surface area contributed by atoms with E-state index < -0.39 is 21.4 Å². The molecule has 18 heavy (non-hydrogen) atoms. The Hall–Kier alpha value is -0.770. The van der Waals surface area contributed by atoms with Gasteiger partial charge in [-0.15, -0.1) is 3.89 Å². The summed E-state index contributed by atoms with van der Waals surface area (Å²) in [6, 6.07) is 3.41. The molecular weight excluding hydrogens is 374 g/mol. The van der Waals surface area contributed by atoms with Gasteiger partial charge in [0.05, 0.1) is 5.69 Å². The molecule has 0 aliphatic carbocycles. The van der Waals surface area contributed by atoms with Gasteiger partial charge in [-0.3, -0.25) is 9.69 Å². The van der Waals surface area contributed by atoms with Crippen molar-refractivity contribution in [1.82, 2.24) is 4.98 Å². The third-order valence-electron chi connectivity index (χ3n) is 2.77. The van der Waals surface area contributed by atoms with Crippen LogP contribution < -0.4 is 4.90 Å². The molecule has 0 aromatic carbocycles. The molecule has 5 nitrogen and oxygen atoms in total. The minimum absolute atomic E-state index is 0.176. The Bertz CT molecular complexity index is 605. The largest absolute Gasteiger partial charge is 0.307 e. The highest BCUT2D eigenvalue weighted by atomic mass is 127. The van der Waals surface area contributed by atoms with Crippen molar-refractivity contribution in [3.8, 4) is 0 Å². The van der Waals surface area contributed by atoms with Crippen molar-refractivity contribution in [2.24, 2.45) is 0 Å². The SMILES string of the molecule is Cc1nc(N2CC(S(=O)(=O)F)CC2=O)ccc1I. The lowest BCUT2D eigenvalue weighted by Crippen LogP contribution is -2.27. The number of carbonyl (C=O) groups excluding carboxylic acids is 1. The minimum atomic E-state index is -4.69. The third kappa shape index (κ3) is 2.63. The van der Waals surface area contributed by atoms with Gasteiger partial charge in [-0.1, -0.05) is 0 Å². The average Bonchev–Trinajstić information content (AvgIpc) is 2.64. The second kappa shape index (κ2) is 4.72. The Morgan fingerprint density at radius 1 is 1.50 bits per heavy atom. The van der Waals surface area contributed by atoms with E-state index in [0.29, 0.717) is 5.82 Å². The van der Waals surface area contributed by atoms with Crippen LogP contribution in [0.5, 0.6) is 0 Å². The first-order valence-electron chi connectivity index (χ1n) is 5.16. The fourth-order valence-electron chi connectivity index (χ4n) is 1.77. The number of rotatable bonds is 2. The summed E-state index contributed by atoms with van der Waals surface area (Å²) in [6.45, 7) is 1.61. The zero-order valence-electron chi connectivity index (χ0n) is 9.43. The summed E-state index contributed by atoms with van der Waals surface area (Å²) < 4.78 is 35.4. The van der Waals surface area contributed by atoms with Gasteiger partial charge >= 0.3 is 10.2 Å². The molecule has 1 aliphatic rings. The van der Waals surface area contributed by atoms with Crippen LogP contribution in [-0.2, 0) is 15.0 Å². The Morgan fingerprint density at radius 2 is 2.17 bits per heavy atom. The highest BCUT2D eigenvalue weighted by molar-refractivity contribution is 14.1. The first-order chi connectivity index (χ1) is 8.29. The smallest absolute Gasteiger partial charge is 0.295 e. The molecule has 2 heterocycles. The zero-order chi connectivity index (χ0) is 13.5. The summed E-state index contributed by atoms with van der Waals surface area (Å²) in [5.41, 5.74) is 0.743. The molecule has 1 unspecified atom stereocenters. The number of pyridine rings is 1. The lowest BCUT2D eigenvalue weighted by atomic mass is 10.3. The molecule has 98 valence electrons. The van der Waals surface area contributed by atoms with Crippen molar-refractivity contribution >= 4 is 44.5 Å². The second-order valence-electron chi connectivity index (χ2n) is 4.04. The van der Waals surface area contributed by atoms with Crippen LogP contribution in [0.15, 0.2) is 12.1 Å². The van der Waals surface area contributed by atoms with E-state index in [1.807, 2.05) is 0 Å². The number of halogens is 2. The van der Waals surface area contributed by atoms with Crippen LogP contribution in [-0.4, -0.2) is 31.1 Å². The molecule has 1 amide bonds. The summed E-state index contributed by atoms with van der Waals surface area (Å²) in [5.74, 6) is -0.0570. The van der Waals surface area contributed by atoms with Crippen LogP contribution in [0.4, 0.5) is 9.70 Å². The lowest BCUT2D eigenvalue weighted by Gasteiger charge is -2.15. The summed E-state index contributed by atoms with van der Waals surface area (Å²) in [6.07, 6.45) is -0.328. The first kappa shape index (κ1) is 13.7. The van der Waals surface area contributed by atoms with Crippen molar-refractivity contribution in [3.05, 3.63) is 21.4 Å². The number of hydrogen-bond acceptors (Lipinski definition) is 4. The summed E-state index contributed by atoms with van der Waals surface area (Å²) in [7, 11) is -4.69. The number of carbonyl (C=O) groups is 1. The molecule has 1 aliphatic heterocycles. The molecule has 0 saturated carbocycles. The molecule has 2 rings (SSSR count). The number of aromatic nitrogens is 1. The molecule has 8 heteroatoms. The van der Waals surface area contributed by atoms with Crippen molar-refractivity contribution in [2.75, 3.05) is 11.4 Å². The second-order valence-corrected chi connectivity index (χ2v) is 6.82. The number of amides is 1. The van der Waals surface area contributed by atoms with Gasteiger partial charge in [0.1, 0.15) is 11.1 Å². The number of aryl methyl sites for hydroxylation is 1. The monoisotopic (exact) mass is 384 g/mol. The normalized spacial score (nSPS) is 20.5. The molecular formula is C10H10FIN2O3S. The number of nitrogens with zero attached hydrogens (tertiary/aromatic N) is 2. The quantitative estimate of drug-likeness (QED) is 0.571. The predicted molar refractivity (Wildman–Crippen MR) is 72.5 cm³/mol. The van der Waals surface area contributed by atoms with E-state index in [1.165, 1.54) is 4.90 Å². The third-order valence-corrected chi connectivity index (χ3v) is 5.02. The highest BCUT2D eigenvalue weighted by Gasteiger charge is 2.39. The molecule has 1 aromatic rings. The van der Waals surface area contributed by atoms with Gasteiger partial charge in [0.25, 0.3) is 0 Å². The van der Waals surface area contributed by atoms with Crippen molar-refractivity contribution in [1.29, 1.82) is 0 Å². The Kier molecular flexibility index (Phi) is 3.58. The van der Waals surface area contributed by atoms with Crippen molar-refractivity contribution < 1.29 is 17.1 Å². The molecule has 1 atom stereocenters. The summed E-state index contributed by atoms with van der Waals surface area (Å²) in [4.78, 5) is 17.1. The van der Waals surface area contributed by atoms with Crippen LogP contribution in [0, 0.1) is 10.5 Å². The van der Waals surface area contributed by atoms with E-state index in [-0.39, 0.29) is 13.0 Å². The fourth-order valence-corrected chi connectivity index (χ4v) is 2.74. The maximum Gasteiger partial charge on any atom is 0.307 e. The topological polar surface area (TPSA) is 67.3 Å². The highest BCUT2D eigenvalue weighted by Crippen LogP contribution is 2.25. The van der Waals surface area contributed by atoms with E-state index in [2.05, 4.69) is 27.6 Å². The molecule has 0 radical (unpaired) electrons. The van der Waals surface area contributed by atoms with Gasteiger partial charge in [0, 0.05) is 16.5 Å². The van der Waals surface area contributed by atoms with E-state index in [4.69, 9.17) is 0 Å². The van der Waals surface area contributed by atoms with E-state index >= 15 is 0 Å². The Labute approximate surface area is 118 Å². The summed E-state index contributed by atoms with van der Waals surface area (Å²) >= 11 is 2.10. The minimum Gasteiger partial charge on any atom is -0.295 e. The predicted octanol–water partition coefficient (Wildman–Crippen LogP) is 1.40. The molecule has 0 bridgehead atoms. The average molecular weight is 384 g/mol. The van der Waals surface area contributed by atoms with Crippen LogP contribution >= 0.6 is 22.6 Å². The first-order valence-corrected chi connectivity index (χ1v) is 7.68. The Balaban J connectivity index is 2.30. The lowest BCUT2D eigenvalue weighted by molar-refractivity contribution is -0.117. The van der Waals surface area contributed by atoms with Gasteiger partial charge in [-0.05, 0) is 41.6 Å². The van der Waals surface area contributed by atoms with Gasteiger partial charge in [0.15, 0.2) is 0 Å². The fraction of sp³-hybridized carbons (Fsp3) is 0.400. The molecule has 1 aromatic heterocycles. The van der Waals surface area contributed by atoms with Crippen molar-refractivity contribution in [2.45, 2.75) is 18.6 Å². The molecule has 0 N–H and O–H groups in total. The van der Waals surface area contributed by atoms with Crippen LogP contribution in [0.3, 0.4) is 0 Å². The molecule has 1 saturated heterocycles. The van der Waals surface area contributed by atoms with Gasteiger partial charge in [0.2, 0.25) is 5.91 Å². The van der Waals surface area contributed by atoms with Crippen LogP contribution in [0.1, 0.15) is 12.1 Å². The van der Waals surface area contributed by atoms with E-state index in [0.717, 1.165) is 9.26 Å². The van der Waals surface area contributed by atoms with Gasteiger partial charge < -0.3 is 0 Å². The van der Waals surface area contributed by atoms with E-state index in [9.17, 15) is 17.1 Å². The van der Waals surface area contributed by atoms with Gasteiger partial charge in [-0.25, -0.2) is 4.98 Å². The van der Waals surface area contributed by atoms with Crippen LogP contribution in [0.25, 0.3) is 0 Å². The maximum atomic E-state index is 12.9. The number of hydrogen-bond donors (Lipinski definition) is 0. The standard InChI is InChI=1S/C10H10FIN2O3S/c1-6-8(12)2-3-9(13-6)14-5-7(4-10(14)15)18(11,16)17/h2-3,7H,4-5H2,1H3.